The van der Waals surface area contributed by atoms with Crippen molar-refractivity contribution in [1.82, 2.24) is 25.6 Å². The molecule has 0 radical (unpaired) electrons. The fourth-order valence-electron chi connectivity index (χ4n) is 4.72. The topological polar surface area (TPSA) is 80.7 Å². The Hall–Kier alpha value is -1.54. The molecule has 4 rings (SSSR count). The maximum absolute atomic E-state index is 13.0. The van der Waals surface area contributed by atoms with Crippen molar-refractivity contribution in [3.8, 4) is 0 Å². The minimum absolute atomic E-state index is 0.0561. The van der Waals surface area contributed by atoms with Crippen LogP contribution in [-0.2, 0) is 4.79 Å². The van der Waals surface area contributed by atoms with E-state index in [1.165, 1.54) is 19.3 Å². The van der Waals surface area contributed by atoms with Crippen molar-refractivity contribution >= 4 is 5.91 Å². The van der Waals surface area contributed by atoms with Crippen molar-refractivity contribution in [3.05, 3.63) is 30.1 Å². The number of rotatable bonds is 5. The van der Waals surface area contributed by atoms with E-state index in [1.54, 1.807) is 6.20 Å². The molecule has 1 aromatic rings. The van der Waals surface area contributed by atoms with E-state index in [0.717, 1.165) is 31.9 Å². The van der Waals surface area contributed by atoms with Gasteiger partial charge in [-0.2, -0.15) is 0 Å². The van der Waals surface area contributed by atoms with E-state index in [4.69, 9.17) is 0 Å². The second-order valence-corrected chi connectivity index (χ2v) is 8.19. The van der Waals surface area contributed by atoms with Crippen molar-refractivity contribution in [2.75, 3.05) is 39.3 Å². The molecule has 0 spiro atoms. The number of nitrogens with zero attached hydrogens (tertiary/aromatic N) is 3. The molecule has 7 nitrogen and oxygen atoms in total. The average Bonchev–Trinajstić information content (AvgIpc) is 3.36. The Morgan fingerprint density at radius 2 is 1.96 bits per heavy atom. The molecule has 7 heteroatoms. The lowest BCUT2D eigenvalue weighted by molar-refractivity contribution is -0.132. The van der Waals surface area contributed by atoms with Gasteiger partial charge in [0.05, 0.1) is 11.7 Å². The van der Waals surface area contributed by atoms with Crippen molar-refractivity contribution in [2.24, 2.45) is 11.8 Å². The maximum atomic E-state index is 13.0. The number of hydrogen-bond acceptors (Lipinski definition) is 6. The van der Waals surface area contributed by atoms with E-state index in [-0.39, 0.29) is 30.5 Å². The summed E-state index contributed by atoms with van der Waals surface area (Å²) >= 11 is 0. The summed E-state index contributed by atoms with van der Waals surface area (Å²) in [5.41, 5.74) is 7.33. The van der Waals surface area contributed by atoms with Crippen molar-refractivity contribution in [3.63, 3.8) is 0 Å². The molecule has 4 atom stereocenters. The second kappa shape index (κ2) is 8.65. The lowest BCUT2D eigenvalue weighted by Gasteiger charge is -2.30. The fourth-order valence-corrected chi connectivity index (χ4v) is 4.72. The number of hydrogen-bond donors (Lipinski definition) is 3. The van der Waals surface area contributed by atoms with E-state index in [0.29, 0.717) is 18.9 Å². The summed E-state index contributed by atoms with van der Waals surface area (Å²) in [6.45, 7) is 4.90. The SMILES string of the molecule is O=C(C1CC(c2ccccn2)NN1)N1C[C@@H](CO)[C@@H](CN2CCCCC2)C1. The first-order valence-electron chi connectivity index (χ1n) is 10.3. The van der Waals surface area contributed by atoms with Gasteiger partial charge in [0, 0.05) is 38.4 Å². The van der Waals surface area contributed by atoms with Crippen LogP contribution in [0.1, 0.15) is 37.4 Å². The predicted molar refractivity (Wildman–Crippen MR) is 103 cm³/mol. The summed E-state index contributed by atoms with van der Waals surface area (Å²) in [4.78, 5) is 21.9. The van der Waals surface area contributed by atoms with Crippen LogP contribution in [0.5, 0.6) is 0 Å². The molecule has 1 amide bonds. The van der Waals surface area contributed by atoms with E-state index in [1.807, 2.05) is 23.1 Å². The zero-order valence-corrected chi connectivity index (χ0v) is 15.9. The number of carbonyl (C=O) groups excluding carboxylic acids is 1. The van der Waals surface area contributed by atoms with Crippen molar-refractivity contribution < 1.29 is 9.90 Å². The summed E-state index contributed by atoms with van der Waals surface area (Å²) < 4.78 is 0. The maximum Gasteiger partial charge on any atom is 0.241 e. The van der Waals surface area contributed by atoms with Gasteiger partial charge in [-0.05, 0) is 50.4 Å². The van der Waals surface area contributed by atoms with Gasteiger partial charge in [0.1, 0.15) is 6.04 Å². The number of aromatic nitrogens is 1. The largest absolute Gasteiger partial charge is 0.396 e. The lowest BCUT2D eigenvalue weighted by atomic mass is 9.95. The first-order valence-corrected chi connectivity index (χ1v) is 10.3. The molecule has 0 aromatic carbocycles. The summed E-state index contributed by atoms with van der Waals surface area (Å²) in [6, 6.07) is 5.68. The fraction of sp³-hybridized carbons (Fsp3) is 0.700. The summed E-state index contributed by atoms with van der Waals surface area (Å²) in [7, 11) is 0. The van der Waals surface area contributed by atoms with Crippen LogP contribution in [0.3, 0.4) is 0 Å². The van der Waals surface area contributed by atoms with E-state index in [2.05, 4.69) is 20.7 Å². The van der Waals surface area contributed by atoms with Crippen LogP contribution in [0.4, 0.5) is 0 Å². The van der Waals surface area contributed by atoms with Crippen LogP contribution in [0.2, 0.25) is 0 Å². The van der Waals surface area contributed by atoms with Gasteiger partial charge in [0.15, 0.2) is 0 Å². The van der Waals surface area contributed by atoms with Gasteiger partial charge in [0.25, 0.3) is 0 Å². The molecule has 27 heavy (non-hydrogen) atoms. The lowest BCUT2D eigenvalue weighted by Crippen LogP contribution is -2.45. The van der Waals surface area contributed by atoms with Gasteiger partial charge in [0.2, 0.25) is 5.91 Å². The van der Waals surface area contributed by atoms with Crippen LogP contribution in [0.25, 0.3) is 0 Å². The highest BCUT2D eigenvalue weighted by molar-refractivity contribution is 5.82. The Bertz CT molecular complexity index is 622. The summed E-state index contributed by atoms with van der Waals surface area (Å²) in [5, 5.41) is 9.83. The van der Waals surface area contributed by atoms with Crippen LogP contribution in [-0.4, -0.2) is 71.2 Å². The van der Waals surface area contributed by atoms with Crippen molar-refractivity contribution in [2.45, 2.75) is 37.8 Å². The molecule has 0 bridgehead atoms. The number of amides is 1. The van der Waals surface area contributed by atoms with Gasteiger partial charge >= 0.3 is 0 Å². The number of aliphatic hydroxyl groups excluding tert-OH is 1. The number of aliphatic hydroxyl groups is 1. The monoisotopic (exact) mass is 373 g/mol. The van der Waals surface area contributed by atoms with Crippen molar-refractivity contribution in [1.29, 1.82) is 0 Å². The Morgan fingerprint density at radius 1 is 1.15 bits per heavy atom. The zero-order valence-electron chi connectivity index (χ0n) is 15.9. The molecule has 3 aliphatic rings. The van der Waals surface area contributed by atoms with Gasteiger partial charge in [-0.15, -0.1) is 0 Å². The Labute approximate surface area is 161 Å². The Kier molecular flexibility index (Phi) is 6.02. The van der Waals surface area contributed by atoms with E-state index < -0.39 is 0 Å². The van der Waals surface area contributed by atoms with E-state index >= 15 is 0 Å². The normalized spacial score (nSPS) is 32.1. The molecule has 4 heterocycles. The van der Waals surface area contributed by atoms with Gasteiger partial charge in [-0.3, -0.25) is 9.78 Å². The number of hydrazine groups is 1. The number of nitrogens with one attached hydrogen (secondary N) is 2. The van der Waals surface area contributed by atoms with Gasteiger partial charge in [-0.1, -0.05) is 12.5 Å². The molecule has 3 aliphatic heterocycles. The molecule has 3 saturated heterocycles. The second-order valence-electron chi connectivity index (χ2n) is 8.19. The third kappa shape index (κ3) is 4.32. The number of likely N-dealkylation sites (tertiary alicyclic amines) is 2. The predicted octanol–water partition coefficient (Wildman–Crippen LogP) is 0.542. The van der Waals surface area contributed by atoms with Gasteiger partial charge < -0.3 is 14.9 Å². The minimum atomic E-state index is -0.231. The Morgan fingerprint density at radius 3 is 2.70 bits per heavy atom. The first-order chi connectivity index (χ1) is 13.2. The third-order valence-corrected chi connectivity index (χ3v) is 6.31. The minimum Gasteiger partial charge on any atom is -0.396 e. The Balaban J connectivity index is 1.33. The highest BCUT2D eigenvalue weighted by Crippen LogP contribution is 2.28. The highest BCUT2D eigenvalue weighted by Gasteiger charge is 2.40. The number of carbonyl (C=O) groups is 1. The molecule has 3 N–H and O–H groups in total. The van der Waals surface area contributed by atoms with Crippen LogP contribution in [0.15, 0.2) is 24.4 Å². The summed E-state index contributed by atoms with van der Waals surface area (Å²) in [5.74, 6) is 0.704. The van der Waals surface area contributed by atoms with Crippen LogP contribution >= 0.6 is 0 Å². The standard InChI is InChI=1S/C20H31N5O2/c26-14-16-13-25(12-15(16)11-24-8-4-1-5-9-24)20(27)19-10-18(22-23-19)17-6-2-3-7-21-17/h2-3,6-7,15-16,18-19,22-23,26H,1,4-5,8-14H2/t15-,16-,18?,19?/m0/s1. The number of piperidine rings is 1. The zero-order chi connectivity index (χ0) is 18.6. The van der Waals surface area contributed by atoms with Crippen LogP contribution in [0, 0.1) is 11.8 Å². The first kappa shape index (κ1) is 18.8. The summed E-state index contributed by atoms with van der Waals surface area (Å²) in [6.07, 6.45) is 6.35. The third-order valence-electron chi connectivity index (χ3n) is 6.31. The smallest absolute Gasteiger partial charge is 0.241 e. The molecule has 2 unspecified atom stereocenters. The van der Waals surface area contributed by atoms with Gasteiger partial charge in [-0.25, -0.2) is 10.9 Å². The van der Waals surface area contributed by atoms with E-state index in [9.17, 15) is 9.90 Å². The quantitative estimate of drug-likeness (QED) is 0.699. The average molecular weight is 374 g/mol. The molecule has 3 fully saturated rings. The molecule has 0 aliphatic carbocycles. The molecule has 148 valence electrons. The van der Waals surface area contributed by atoms with Crippen LogP contribution < -0.4 is 10.9 Å². The highest BCUT2D eigenvalue weighted by atomic mass is 16.3. The number of pyridine rings is 1. The molecule has 1 aromatic heterocycles. The molecular formula is C20H31N5O2. The molecule has 0 saturated carbocycles. The molecular weight excluding hydrogens is 342 g/mol.